The van der Waals surface area contributed by atoms with Crippen molar-refractivity contribution >= 4 is 35.6 Å². The Hall–Kier alpha value is -3.22. The van der Waals surface area contributed by atoms with Gasteiger partial charge in [0, 0.05) is 19.4 Å². The largest absolute Gasteiger partial charge is 0.481 e. The topological polar surface area (TPSA) is 222 Å². The highest BCUT2D eigenvalue weighted by atomic mass is 16.4. The standard InChI is InChI=1S/C21H35N5O8/c1-3-11(2)17(25-18(30)12(22)6-9-16(28)29)19(31)24-13(7-8-15(23)27)20(32)26-10-4-5-14(26)21(33)34/h11-14,17H,3-10,22H2,1-2H3,(H2,23,27)(H,24,31)(H,25,30)(H,28,29)(H,33,34). The molecule has 4 amide bonds. The van der Waals surface area contributed by atoms with Crippen LogP contribution in [0, 0.1) is 5.92 Å². The quantitative estimate of drug-likeness (QED) is 0.169. The summed E-state index contributed by atoms with van der Waals surface area (Å²) in [6.07, 6.45) is 0.442. The lowest BCUT2D eigenvalue weighted by Crippen LogP contribution is -2.58. The minimum absolute atomic E-state index is 0.124. The molecule has 5 unspecified atom stereocenters. The summed E-state index contributed by atoms with van der Waals surface area (Å²) in [5.41, 5.74) is 10.9. The Kier molecular flexibility index (Phi) is 11.4. The van der Waals surface area contributed by atoms with Crippen molar-refractivity contribution < 1.29 is 39.0 Å². The highest BCUT2D eigenvalue weighted by Gasteiger charge is 2.39. The molecule has 0 radical (unpaired) electrons. The second-order valence-corrected chi connectivity index (χ2v) is 8.50. The number of aliphatic carboxylic acids is 2. The maximum Gasteiger partial charge on any atom is 0.326 e. The van der Waals surface area contributed by atoms with Gasteiger partial charge in [0.05, 0.1) is 6.04 Å². The SMILES string of the molecule is CCC(C)C(NC(=O)C(N)CCC(=O)O)C(=O)NC(CCC(N)=O)C(=O)N1CCCC1C(=O)O. The number of carboxylic acid groups (broad SMARTS) is 2. The molecule has 8 N–H and O–H groups in total. The molecule has 1 fully saturated rings. The van der Waals surface area contributed by atoms with Gasteiger partial charge in [-0.2, -0.15) is 0 Å². The molecule has 13 heteroatoms. The number of rotatable bonds is 14. The van der Waals surface area contributed by atoms with Crippen LogP contribution in [0.15, 0.2) is 0 Å². The van der Waals surface area contributed by atoms with Crippen LogP contribution in [-0.2, 0) is 28.8 Å². The zero-order valence-electron chi connectivity index (χ0n) is 19.5. The van der Waals surface area contributed by atoms with Crippen LogP contribution in [0.2, 0.25) is 0 Å². The molecule has 0 spiro atoms. The average molecular weight is 486 g/mol. The smallest absolute Gasteiger partial charge is 0.326 e. The molecule has 5 atom stereocenters. The van der Waals surface area contributed by atoms with E-state index in [1.807, 2.05) is 0 Å². The number of nitrogens with zero attached hydrogens (tertiary/aromatic N) is 1. The number of carboxylic acids is 2. The Morgan fingerprint density at radius 3 is 2.21 bits per heavy atom. The molecule has 0 aliphatic carbocycles. The predicted molar refractivity (Wildman–Crippen MR) is 119 cm³/mol. The third-order valence-electron chi connectivity index (χ3n) is 5.91. The minimum Gasteiger partial charge on any atom is -0.481 e. The Bertz CT molecular complexity index is 789. The van der Waals surface area contributed by atoms with Crippen LogP contribution in [0.4, 0.5) is 0 Å². The zero-order valence-corrected chi connectivity index (χ0v) is 19.5. The van der Waals surface area contributed by atoms with Gasteiger partial charge in [-0.15, -0.1) is 0 Å². The molecule has 0 aromatic rings. The molecule has 1 rings (SSSR count). The van der Waals surface area contributed by atoms with Crippen molar-refractivity contribution in [2.45, 2.75) is 83.0 Å². The van der Waals surface area contributed by atoms with E-state index < -0.39 is 59.7 Å². The molecule has 1 aliphatic rings. The van der Waals surface area contributed by atoms with Crippen LogP contribution in [0.25, 0.3) is 0 Å². The van der Waals surface area contributed by atoms with Crippen molar-refractivity contribution in [3.63, 3.8) is 0 Å². The molecular formula is C21H35N5O8. The summed E-state index contributed by atoms with van der Waals surface area (Å²) < 4.78 is 0. The molecule has 34 heavy (non-hydrogen) atoms. The van der Waals surface area contributed by atoms with Crippen LogP contribution in [0.1, 0.15) is 58.8 Å². The van der Waals surface area contributed by atoms with Gasteiger partial charge in [0.15, 0.2) is 0 Å². The lowest BCUT2D eigenvalue weighted by atomic mass is 9.96. The molecule has 13 nitrogen and oxygen atoms in total. The second kappa shape index (κ2) is 13.5. The van der Waals surface area contributed by atoms with Gasteiger partial charge in [-0.3, -0.25) is 24.0 Å². The number of carbonyl (C=O) groups excluding carboxylic acids is 4. The number of amides is 4. The van der Waals surface area contributed by atoms with Crippen molar-refractivity contribution in [3.8, 4) is 0 Å². The van der Waals surface area contributed by atoms with E-state index in [4.69, 9.17) is 16.6 Å². The highest BCUT2D eigenvalue weighted by molar-refractivity contribution is 5.94. The summed E-state index contributed by atoms with van der Waals surface area (Å²) in [5, 5.41) is 23.2. The Morgan fingerprint density at radius 1 is 1.03 bits per heavy atom. The second-order valence-electron chi connectivity index (χ2n) is 8.50. The zero-order chi connectivity index (χ0) is 26.0. The van der Waals surface area contributed by atoms with E-state index in [9.17, 15) is 33.9 Å². The highest BCUT2D eigenvalue weighted by Crippen LogP contribution is 2.20. The van der Waals surface area contributed by atoms with Crippen molar-refractivity contribution in [2.24, 2.45) is 17.4 Å². The van der Waals surface area contributed by atoms with Crippen molar-refractivity contribution in [2.75, 3.05) is 6.54 Å². The third-order valence-corrected chi connectivity index (χ3v) is 5.91. The van der Waals surface area contributed by atoms with Gasteiger partial charge in [-0.25, -0.2) is 4.79 Å². The fraction of sp³-hybridized carbons (Fsp3) is 0.714. The van der Waals surface area contributed by atoms with Gasteiger partial charge in [0.1, 0.15) is 18.1 Å². The molecule has 1 aliphatic heterocycles. The molecule has 0 aromatic carbocycles. The maximum atomic E-state index is 13.1. The van der Waals surface area contributed by atoms with Crippen LogP contribution >= 0.6 is 0 Å². The van der Waals surface area contributed by atoms with Crippen LogP contribution in [0.3, 0.4) is 0 Å². The summed E-state index contributed by atoms with van der Waals surface area (Å²) in [7, 11) is 0. The van der Waals surface area contributed by atoms with Crippen LogP contribution in [-0.4, -0.2) is 81.4 Å². The number of hydrogen-bond acceptors (Lipinski definition) is 7. The summed E-state index contributed by atoms with van der Waals surface area (Å²) in [6, 6.07) is -4.49. The number of nitrogens with two attached hydrogens (primary N) is 2. The van der Waals surface area contributed by atoms with Gasteiger partial charge >= 0.3 is 11.9 Å². The molecule has 192 valence electrons. The van der Waals surface area contributed by atoms with Gasteiger partial charge in [-0.1, -0.05) is 20.3 Å². The van der Waals surface area contributed by atoms with Gasteiger partial charge in [0.25, 0.3) is 0 Å². The minimum atomic E-state index is -1.22. The summed E-state index contributed by atoms with van der Waals surface area (Å²) >= 11 is 0. The maximum absolute atomic E-state index is 13.1. The lowest BCUT2D eigenvalue weighted by molar-refractivity contribution is -0.149. The van der Waals surface area contributed by atoms with Crippen molar-refractivity contribution in [1.82, 2.24) is 15.5 Å². The van der Waals surface area contributed by atoms with Crippen molar-refractivity contribution in [3.05, 3.63) is 0 Å². The summed E-state index contributed by atoms with van der Waals surface area (Å²) in [6.45, 7) is 3.69. The van der Waals surface area contributed by atoms with E-state index >= 15 is 0 Å². The molecular weight excluding hydrogens is 450 g/mol. The van der Waals surface area contributed by atoms with Crippen molar-refractivity contribution in [1.29, 1.82) is 0 Å². The molecule has 1 heterocycles. The fourth-order valence-corrected chi connectivity index (χ4v) is 3.67. The van der Waals surface area contributed by atoms with Gasteiger partial charge in [0.2, 0.25) is 23.6 Å². The molecule has 0 bridgehead atoms. The van der Waals surface area contributed by atoms with Crippen LogP contribution < -0.4 is 22.1 Å². The monoisotopic (exact) mass is 485 g/mol. The number of hydrogen-bond donors (Lipinski definition) is 6. The van der Waals surface area contributed by atoms with Crippen LogP contribution in [0.5, 0.6) is 0 Å². The lowest BCUT2D eigenvalue weighted by Gasteiger charge is -2.30. The first-order chi connectivity index (χ1) is 15.9. The molecule has 0 saturated carbocycles. The average Bonchev–Trinajstić information content (AvgIpc) is 3.27. The number of likely N-dealkylation sites (tertiary alicyclic amines) is 1. The Morgan fingerprint density at radius 2 is 1.68 bits per heavy atom. The van der Waals surface area contributed by atoms with E-state index in [0.29, 0.717) is 12.8 Å². The molecule has 1 saturated heterocycles. The first-order valence-electron chi connectivity index (χ1n) is 11.3. The number of nitrogens with one attached hydrogen (secondary N) is 2. The van der Waals surface area contributed by atoms with E-state index in [2.05, 4.69) is 10.6 Å². The number of carbonyl (C=O) groups is 6. The van der Waals surface area contributed by atoms with Gasteiger partial charge in [-0.05, 0) is 31.6 Å². The summed E-state index contributed by atoms with van der Waals surface area (Å²) in [4.78, 5) is 73.3. The van der Waals surface area contributed by atoms with E-state index in [1.54, 1.807) is 13.8 Å². The van der Waals surface area contributed by atoms with E-state index in [1.165, 1.54) is 0 Å². The predicted octanol–water partition coefficient (Wildman–Crippen LogP) is -1.46. The normalized spacial score (nSPS) is 18.9. The first-order valence-corrected chi connectivity index (χ1v) is 11.3. The Labute approximate surface area is 197 Å². The van der Waals surface area contributed by atoms with E-state index in [0.717, 1.165) is 4.90 Å². The van der Waals surface area contributed by atoms with Gasteiger partial charge < -0.3 is 37.2 Å². The summed E-state index contributed by atoms with van der Waals surface area (Å²) in [5.74, 6) is -5.41. The molecule has 0 aromatic heterocycles. The third kappa shape index (κ3) is 8.61. The first kappa shape index (κ1) is 28.8. The Balaban J connectivity index is 3.02. The fourth-order valence-electron chi connectivity index (χ4n) is 3.67. The number of primary amides is 1. The van der Waals surface area contributed by atoms with E-state index in [-0.39, 0.29) is 44.6 Å².